The number of rotatable bonds is 7. The van der Waals surface area contributed by atoms with E-state index in [0.717, 1.165) is 10.4 Å². The van der Waals surface area contributed by atoms with Crippen molar-refractivity contribution in [3.05, 3.63) is 57.2 Å². The molecule has 2 rings (SSSR count). The molecular formula is C16H20Cl2N2O2S. The number of thiophene rings is 1. The maximum atomic E-state index is 12.2. The van der Waals surface area contributed by atoms with E-state index < -0.39 is 0 Å². The van der Waals surface area contributed by atoms with E-state index in [2.05, 4.69) is 5.32 Å². The van der Waals surface area contributed by atoms with E-state index in [1.165, 1.54) is 0 Å². The minimum absolute atomic E-state index is 0. The molecule has 1 heterocycles. The van der Waals surface area contributed by atoms with Gasteiger partial charge in [0.15, 0.2) is 0 Å². The van der Waals surface area contributed by atoms with E-state index in [9.17, 15) is 4.79 Å². The molecule has 0 aliphatic carbocycles. The van der Waals surface area contributed by atoms with Crippen LogP contribution < -0.4 is 11.1 Å². The van der Waals surface area contributed by atoms with Crippen molar-refractivity contribution in [2.24, 2.45) is 5.73 Å². The van der Waals surface area contributed by atoms with Gasteiger partial charge in [0.1, 0.15) is 0 Å². The minimum Gasteiger partial charge on any atom is -0.380 e. The largest absolute Gasteiger partial charge is 0.380 e. The number of halogens is 2. The van der Waals surface area contributed by atoms with Crippen LogP contribution >= 0.6 is 35.3 Å². The molecule has 0 saturated heterocycles. The van der Waals surface area contributed by atoms with Crippen molar-refractivity contribution in [3.63, 3.8) is 0 Å². The van der Waals surface area contributed by atoms with Crippen LogP contribution in [0.2, 0.25) is 5.02 Å². The fourth-order valence-corrected chi connectivity index (χ4v) is 3.05. The molecule has 0 aliphatic heterocycles. The van der Waals surface area contributed by atoms with Gasteiger partial charge in [-0.2, -0.15) is 0 Å². The van der Waals surface area contributed by atoms with Gasteiger partial charge in [-0.05, 0) is 29.1 Å². The summed E-state index contributed by atoms with van der Waals surface area (Å²) in [5.74, 6) is -0.0920. The normalized spacial score (nSPS) is 13.0. The number of methoxy groups -OCH3 is 1. The van der Waals surface area contributed by atoms with Gasteiger partial charge in [-0.1, -0.05) is 29.8 Å². The summed E-state index contributed by atoms with van der Waals surface area (Å²) in [5.41, 5.74) is 6.56. The van der Waals surface area contributed by atoms with Gasteiger partial charge in [-0.25, -0.2) is 0 Å². The third-order valence-electron chi connectivity index (χ3n) is 3.35. The minimum atomic E-state index is -0.269. The predicted molar refractivity (Wildman–Crippen MR) is 97.5 cm³/mol. The number of benzene rings is 1. The van der Waals surface area contributed by atoms with Crippen LogP contribution in [0.25, 0.3) is 0 Å². The van der Waals surface area contributed by atoms with E-state index in [1.54, 1.807) is 18.4 Å². The molecule has 0 spiro atoms. The number of amides is 1. The maximum absolute atomic E-state index is 12.2. The first-order chi connectivity index (χ1) is 10.6. The van der Waals surface area contributed by atoms with Crippen LogP contribution in [-0.2, 0) is 9.53 Å². The highest BCUT2D eigenvalue weighted by Crippen LogP contribution is 2.27. The van der Waals surface area contributed by atoms with Crippen molar-refractivity contribution in [2.75, 3.05) is 13.7 Å². The molecule has 3 N–H and O–H groups in total. The van der Waals surface area contributed by atoms with Gasteiger partial charge in [0, 0.05) is 23.6 Å². The van der Waals surface area contributed by atoms with Crippen molar-refractivity contribution in [1.82, 2.24) is 5.32 Å². The second kappa shape index (κ2) is 9.90. The fraction of sp³-hybridized carbons (Fsp3) is 0.312. The standard InChI is InChI=1S/C16H19ClN2O2S.ClH/c1-21-13(10-18)9-15(20)19-16(14-3-2-8-22-14)11-4-6-12(17)7-5-11;/h2-8,13,16H,9-10,18H2,1H3,(H,19,20);1H. The second-order valence-corrected chi connectivity index (χ2v) is 6.28. The molecule has 2 unspecified atom stereocenters. The van der Waals surface area contributed by atoms with Crippen LogP contribution in [0.1, 0.15) is 22.9 Å². The average Bonchev–Trinajstić information content (AvgIpc) is 3.05. The van der Waals surface area contributed by atoms with Crippen molar-refractivity contribution < 1.29 is 9.53 Å². The molecule has 1 aromatic heterocycles. The number of ether oxygens (including phenoxy) is 1. The molecule has 0 radical (unpaired) electrons. The zero-order chi connectivity index (χ0) is 15.9. The zero-order valence-electron chi connectivity index (χ0n) is 12.7. The molecule has 126 valence electrons. The van der Waals surface area contributed by atoms with Crippen LogP contribution in [0.3, 0.4) is 0 Å². The molecule has 0 bridgehead atoms. The summed E-state index contributed by atoms with van der Waals surface area (Å²) >= 11 is 7.54. The molecule has 0 aliphatic rings. The van der Waals surface area contributed by atoms with Crippen LogP contribution in [0.15, 0.2) is 41.8 Å². The van der Waals surface area contributed by atoms with Crippen molar-refractivity contribution in [2.45, 2.75) is 18.6 Å². The Kier molecular flexibility index (Phi) is 8.58. The van der Waals surface area contributed by atoms with Crippen LogP contribution in [0.4, 0.5) is 0 Å². The van der Waals surface area contributed by atoms with Gasteiger partial charge in [0.2, 0.25) is 5.91 Å². The summed E-state index contributed by atoms with van der Waals surface area (Å²) in [5, 5.41) is 5.70. The average molecular weight is 375 g/mol. The Labute approximate surface area is 151 Å². The molecule has 0 fully saturated rings. The Morgan fingerprint density at radius 2 is 2.04 bits per heavy atom. The van der Waals surface area contributed by atoms with E-state index in [1.807, 2.05) is 41.8 Å². The second-order valence-electron chi connectivity index (χ2n) is 4.87. The summed E-state index contributed by atoms with van der Waals surface area (Å²) in [7, 11) is 1.56. The Balaban J connectivity index is 0.00000264. The van der Waals surface area contributed by atoms with Crippen molar-refractivity contribution in [1.29, 1.82) is 0 Å². The molecule has 2 aromatic rings. The van der Waals surface area contributed by atoms with Gasteiger partial charge < -0.3 is 15.8 Å². The Morgan fingerprint density at radius 1 is 1.35 bits per heavy atom. The Hall–Kier alpha value is -1.11. The lowest BCUT2D eigenvalue weighted by molar-refractivity contribution is -0.123. The third-order valence-corrected chi connectivity index (χ3v) is 4.53. The van der Waals surface area contributed by atoms with Gasteiger partial charge in [0.05, 0.1) is 18.6 Å². The van der Waals surface area contributed by atoms with Crippen LogP contribution in [0.5, 0.6) is 0 Å². The fourth-order valence-electron chi connectivity index (χ4n) is 2.12. The summed E-state index contributed by atoms with van der Waals surface area (Å²) in [6.45, 7) is 0.314. The van der Waals surface area contributed by atoms with Gasteiger partial charge in [-0.3, -0.25) is 4.79 Å². The van der Waals surface area contributed by atoms with Gasteiger partial charge >= 0.3 is 0 Å². The van der Waals surface area contributed by atoms with E-state index in [4.69, 9.17) is 22.1 Å². The Morgan fingerprint density at radius 3 is 2.57 bits per heavy atom. The molecule has 0 saturated carbocycles. The topological polar surface area (TPSA) is 64.3 Å². The number of hydrogen-bond donors (Lipinski definition) is 2. The first-order valence-corrected chi connectivity index (χ1v) is 8.21. The SMILES string of the molecule is COC(CN)CC(=O)NC(c1ccc(Cl)cc1)c1cccs1.Cl. The molecule has 2 atom stereocenters. The smallest absolute Gasteiger partial charge is 0.223 e. The zero-order valence-corrected chi connectivity index (χ0v) is 15.1. The quantitative estimate of drug-likeness (QED) is 0.780. The molecule has 1 aromatic carbocycles. The van der Waals surface area contributed by atoms with Crippen molar-refractivity contribution >= 4 is 41.3 Å². The van der Waals surface area contributed by atoms with Crippen LogP contribution in [0, 0.1) is 0 Å². The molecule has 4 nitrogen and oxygen atoms in total. The first-order valence-electron chi connectivity index (χ1n) is 6.95. The predicted octanol–water partition coefficient (Wildman–Crippen LogP) is 3.39. The lowest BCUT2D eigenvalue weighted by Gasteiger charge is -2.20. The van der Waals surface area contributed by atoms with Gasteiger partial charge in [0.25, 0.3) is 0 Å². The number of hydrogen-bond acceptors (Lipinski definition) is 4. The van der Waals surface area contributed by atoms with Crippen LogP contribution in [-0.4, -0.2) is 25.7 Å². The third kappa shape index (κ3) is 5.79. The lowest BCUT2D eigenvalue weighted by Crippen LogP contribution is -2.34. The first kappa shape index (κ1) is 19.9. The van der Waals surface area contributed by atoms with Gasteiger partial charge in [-0.15, -0.1) is 23.7 Å². The van der Waals surface area contributed by atoms with E-state index in [0.29, 0.717) is 11.6 Å². The monoisotopic (exact) mass is 374 g/mol. The number of carbonyl (C=O) groups is 1. The summed E-state index contributed by atoms with van der Waals surface area (Å²) < 4.78 is 5.16. The number of nitrogens with one attached hydrogen (secondary N) is 1. The van der Waals surface area contributed by atoms with E-state index >= 15 is 0 Å². The highest BCUT2D eigenvalue weighted by atomic mass is 35.5. The maximum Gasteiger partial charge on any atom is 0.223 e. The van der Waals surface area contributed by atoms with Crippen molar-refractivity contribution in [3.8, 4) is 0 Å². The lowest BCUT2D eigenvalue weighted by atomic mass is 10.0. The number of carbonyl (C=O) groups excluding carboxylic acids is 1. The Bertz CT molecular complexity index is 587. The molecule has 1 amide bonds. The van der Waals surface area contributed by atoms with E-state index in [-0.39, 0.29) is 36.9 Å². The summed E-state index contributed by atoms with van der Waals surface area (Å²) in [6.07, 6.45) is -0.0307. The highest BCUT2D eigenvalue weighted by Gasteiger charge is 2.20. The number of nitrogens with two attached hydrogens (primary N) is 1. The highest BCUT2D eigenvalue weighted by molar-refractivity contribution is 7.10. The molecule has 23 heavy (non-hydrogen) atoms. The molecular weight excluding hydrogens is 355 g/mol. The summed E-state index contributed by atoms with van der Waals surface area (Å²) in [4.78, 5) is 13.3. The summed E-state index contributed by atoms with van der Waals surface area (Å²) in [6, 6.07) is 11.3. The molecule has 7 heteroatoms.